The van der Waals surface area contributed by atoms with Crippen molar-refractivity contribution in [2.45, 2.75) is 12.1 Å². The summed E-state index contributed by atoms with van der Waals surface area (Å²) in [6, 6.07) is 8.21. The second kappa shape index (κ2) is 5.49. The van der Waals surface area contributed by atoms with Crippen LogP contribution in [0.4, 0.5) is 13.2 Å². The number of halogens is 3. The number of alkyl halides is 3. The number of nitriles is 1. The standard InChI is InChI=1S/C15H11F3N4O2/c1-23-8-4-2-3-7(5-8)10-9(6-19)13(20)24-14-11(10)12(21-22-14)15(16,17)18/h2-5,10H,20H2,1H3,(H,21,22). The van der Waals surface area contributed by atoms with Gasteiger partial charge in [-0.05, 0) is 17.7 Å². The fraction of sp³-hybridized carbons (Fsp3) is 0.200. The van der Waals surface area contributed by atoms with E-state index in [9.17, 15) is 18.4 Å². The molecule has 2 heterocycles. The minimum atomic E-state index is -4.69. The van der Waals surface area contributed by atoms with Gasteiger partial charge in [0.15, 0.2) is 0 Å². The number of hydrogen-bond acceptors (Lipinski definition) is 5. The van der Waals surface area contributed by atoms with Crippen LogP contribution in [0.2, 0.25) is 0 Å². The maximum Gasteiger partial charge on any atom is 0.433 e. The van der Waals surface area contributed by atoms with E-state index in [1.807, 2.05) is 11.2 Å². The number of rotatable bonds is 2. The van der Waals surface area contributed by atoms with Crippen LogP contribution in [0, 0.1) is 11.3 Å². The molecular weight excluding hydrogens is 325 g/mol. The number of fused-ring (bicyclic) bond motifs is 1. The lowest BCUT2D eigenvalue weighted by atomic mass is 9.84. The number of nitrogens with two attached hydrogens (primary N) is 1. The van der Waals surface area contributed by atoms with E-state index in [0.29, 0.717) is 11.3 Å². The van der Waals surface area contributed by atoms with Crippen molar-refractivity contribution in [3.63, 3.8) is 0 Å². The van der Waals surface area contributed by atoms with Gasteiger partial charge in [-0.15, -0.1) is 5.10 Å². The Morgan fingerprint density at radius 3 is 2.79 bits per heavy atom. The predicted molar refractivity (Wildman–Crippen MR) is 75.9 cm³/mol. The van der Waals surface area contributed by atoms with Crippen molar-refractivity contribution in [1.29, 1.82) is 5.26 Å². The molecule has 0 saturated heterocycles. The molecule has 0 bridgehead atoms. The largest absolute Gasteiger partial charge is 0.497 e. The van der Waals surface area contributed by atoms with Gasteiger partial charge in [0.1, 0.15) is 23.1 Å². The molecule has 1 aromatic heterocycles. The van der Waals surface area contributed by atoms with Crippen LogP contribution in [0.25, 0.3) is 0 Å². The molecule has 0 amide bonds. The molecule has 6 nitrogen and oxygen atoms in total. The molecule has 1 unspecified atom stereocenters. The summed E-state index contributed by atoms with van der Waals surface area (Å²) in [4.78, 5) is 0. The first kappa shape index (κ1) is 15.7. The summed E-state index contributed by atoms with van der Waals surface area (Å²) >= 11 is 0. The minimum Gasteiger partial charge on any atom is -0.497 e. The second-order valence-corrected chi connectivity index (χ2v) is 5.02. The van der Waals surface area contributed by atoms with E-state index in [1.165, 1.54) is 13.2 Å². The average molecular weight is 336 g/mol. The Hall–Kier alpha value is -3.15. The summed E-state index contributed by atoms with van der Waals surface area (Å²) < 4.78 is 50.1. The number of aromatic amines is 1. The van der Waals surface area contributed by atoms with Gasteiger partial charge in [0, 0.05) is 0 Å². The molecule has 124 valence electrons. The summed E-state index contributed by atoms with van der Waals surface area (Å²) in [6.07, 6.45) is -4.69. The summed E-state index contributed by atoms with van der Waals surface area (Å²) in [5.74, 6) is -1.21. The third kappa shape index (κ3) is 2.42. The van der Waals surface area contributed by atoms with Gasteiger partial charge in [0.2, 0.25) is 11.8 Å². The van der Waals surface area contributed by atoms with Gasteiger partial charge < -0.3 is 15.2 Å². The quantitative estimate of drug-likeness (QED) is 0.879. The van der Waals surface area contributed by atoms with Crippen molar-refractivity contribution in [2.75, 3.05) is 7.11 Å². The number of hydrogen-bond donors (Lipinski definition) is 2. The lowest BCUT2D eigenvalue weighted by Crippen LogP contribution is -2.22. The van der Waals surface area contributed by atoms with Gasteiger partial charge in [-0.25, -0.2) is 0 Å². The number of ether oxygens (including phenoxy) is 2. The summed E-state index contributed by atoms with van der Waals surface area (Å²) in [5.41, 5.74) is 4.62. The third-order valence-corrected chi connectivity index (χ3v) is 3.65. The summed E-state index contributed by atoms with van der Waals surface area (Å²) in [6.45, 7) is 0. The van der Waals surface area contributed by atoms with Crippen LogP contribution in [-0.4, -0.2) is 17.3 Å². The second-order valence-electron chi connectivity index (χ2n) is 5.02. The van der Waals surface area contributed by atoms with Gasteiger partial charge in [-0.1, -0.05) is 12.1 Å². The number of aromatic nitrogens is 2. The Morgan fingerprint density at radius 2 is 2.17 bits per heavy atom. The molecule has 1 aromatic carbocycles. The first-order valence-corrected chi connectivity index (χ1v) is 6.73. The minimum absolute atomic E-state index is 0.123. The van der Waals surface area contributed by atoms with Gasteiger partial charge in [-0.2, -0.15) is 18.4 Å². The maximum atomic E-state index is 13.3. The van der Waals surface area contributed by atoms with Crippen molar-refractivity contribution in [3.8, 4) is 17.7 Å². The van der Waals surface area contributed by atoms with E-state index in [4.69, 9.17) is 15.2 Å². The third-order valence-electron chi connectivity index (χ3n) is 3.65. The van der Waals surface area contributed by atoms with Crippen molar-refractivity contribution >= 4 is 0 Å². The zero-order valence-electron chi connectivity index (χ0n) is 12.3. The van der Waals surface area contributed by atoms with Gasteiger partial charge in [0.05, 0.1) is 18.6 Å². The van der Waals surface area contributed by atoms with Crippen LogP contribution in [0.15, 0.2) is 35.7 Å². The van der Waals surface area contributed by atoms with E-state index >= 15 is 0 Å². The van der Waals surface area contributed by atoms with E-state index in [2.05, 4.69) is 5.10 Å². The Kier molecular flexibility index (Phi) is 3.60. The highest BCUT2D eigenvalue weighted by Crippen LogP contribution is 2.47. The molecule has 2 aromatic rings. The van der Waals surface area contributed by atoms with Crippen molar-refractivity contribution in [2.24, 2.45) is 5.73 Å². The molecule has 9 heteroatoms. The van der Waals surface area contributed by atoms with E-state index in [0.717, 1.165) is 0 Å². The van der Waals surface area contributed by atoms with Crippen molar-refractivity contribution in [1.82, 2.24) is 10.2 Å². The highest BCUT2D eigenvalue weighted by atomic mass is 19.4. The van der Waals surface area contributed by atoms with Gasteiger partial charge >= 0.3 is 6.18 Å². The number of methoxy groups -OCH3 is 1. The molecule has 1 atom stereocenters. The monoisotopic (exact) mass is 336 g/mol. The molecule has 24 heavy (non-hydrogen) atoms. The van der Waals surface area contributed by atoms with Crippen LogP contribution in [0.5, 0.6) is 11.6 Å². The van der Waals surface area contributed by atoms with Crippen molar-refractivity contribution in [3.05, 3.63) is 52.5 Å². The first-order valence-electron chi connectivity index (χ1n) is 6.73. The lowest BCUT2D eigenvalue weighted by molar-refractivity contribution is -0.141. The highest BCUT2D eigenvalue weighted by molar-refractivity contribution is 5.56. The molecule has 0 saturated carbocycles. The molecule has 1 aliphatic rings. The number of allylic oxidation sites excluding steroid dienone is 1. The normalized spacial score (nSPS) is 17.0. The number of nitrogens with one attached hydrogen (secondary N) is 1. The van der Waals surface area contributed by atoms with Gasteiger partial charge in [-0.3, -0.25) is 5.10 Å². The Morgan fingerprint density at radius 1 is 1.42 bits per heavy atom. The zero-order chi connectivity index (χ0) is 17.5. The topological polar surface area (TPSA) is 96.9 Å². The van der Waals surface area contributed by atoms with E-state index in [1.54, 1.807) is 18.2 Å². The van der Waals surface area contributed by atoms with Crippen LogP contribution in [-0.2, 0) is 6.18 Å². The summed E-state index contributed by atoms with van der Waals surface area (Å²) in [5, 5.41) is 14.8. The Labute approximate surface area is 134 Å². The average Bonchev–Trinajstić information content (AvgIpc) is 2.97. The van der Waals surface area contributed by atoms with E-state index in [-0.39, 0.29) is 22.9 Å². The fourth-order valence-corrected chi connectivity index (χ4v) is 2.62. The van der Waals surface area contributed by atoms with Gasteiger partial charge in [0.25, 0.3) is 0 Å². The van der Waals surface area contributed by atoms with Crippen LogP contribution >= 0.6 is 0 Å². The van der Waals surface area contributed by atoms with Crippen LogP contribution < -0.4 is 15.2 Å². The maximum absolute atomic E-state index is 13.3. The predicted octanol–water partition coefficient (Wildman–Crippen LogP) is 2.66. The first-order chi connectivity index (χ1) is 11.4. The SMILES string of the molecule is COc1cccc(C2C(C#N)=C(N)Oc3n[nH]c(C(F)(F)F)c32)c1. The molecule has 0 spiro atoms. The number of nitrogens with zero attached hydrogens (tertiary/aromatic N) is 2. The van der Waals surface area contributed by atoms with Crippen molar-refractivity contribution < 1.29 is 22.6 Å². The highest BCUT2D eigenvalue weighted by Gasteiger charge is 2.44. The summed E-state index contributed by atoms with van der Waals surface area (Å²) in [7, 11) is 1.43. The molecular formula is C15H11F3N4O2. The molecule has 3 rings (SSSR count). The van der Waals surface area contributed by atoms with E-state index < -0.39 is 17.8 Å². The number of benzene rings is 1. The Bertz CT molecular complexity index is 864. The Balaban J connectivity index is 2.26. The van der Waals surface area contributed by atoms with Crippen LogP contribution in [0.3, 0.4) is 0 Å². The molecule has 0 fully saturated rings. The smallest absolute Gasteiger partial charge is 0.433 e. The fourth-order valence-electron chi connectivity index (χ4n) is 2.62. The molecule has 0 radical (unpaired) electrons. The lowest BCUT2D eigenvalue weighted by Gasteiger charge is -2.24. The molecule has 0 aliphatic carbocycles. The molecule has 3 N–H and O–H groups in total. The van der Waals surface area contributed by atoms with Crippen LogP contribution in [0.1, 0.15) is 22.7 Å². The number of H-pyrrole nitrogens is 1. The molecule has 1 aliphatic heterocycles. The zero-order valence-corrected chi connectivity index (χ0v) is 12.3.